The smallest absolute Gasteiger partial charge is 0.410 e. The van der Waals surface area contributed by atoms with Gasteiger partial charge in [0.15, 0.2) is 0 Å². The number of methoxy groups -OCH3 is 1. The van der Waals surface area contributed by atoms with Gasteiger partial charge >= 0.3 is 6.09 Å². The number of ether oxygens (including phenoxy) is 2. The quantitative estimate of drug-likeness (QED) is 0.595. The summed E-state index contributed by atoms with van der Waals surface area (Å²) in [6, 6.07) is 13.3. The average Bonchev–Trinajstić information content (AvgIpc) is 2.75. The molecular weight excluding hydrogens is 434 g/mol. The summed E-state index contributed by atoms with van der Waals surface area (Å²) in [4.78, 5) is 39.6. The van der Waals surface area contributed by atoms with Crippen LogP contribution in [0.4, 0.5) is 10.5 Å². The minimum atomic E-state index is -0.759. The van der Waals surface area contributed by atoms with Crippen molar-refractivity contribution in [3.8, 4) is 5.75 Å². The molecule has 0 saturated heterocycles. The Bertz CT molecular complexity index is 1010. The van der Waals surface area contributed by atoms with Gasteiger partial charge in [-0.15, -0.1) is 0 Å². The van der Waals surface area contributed by atoms with Crippen molar-refractivity contribution in [1.29, 1.82) is 0 Å². The second kappa shape index (κ2) is 11.5. The third-order valence-electron chi connectivity index (χ3n) is 4.91. The molecule has 1 atom stereocenters. The number of carbonyl (C=O) groups excluding carboxylic acids is 3. The van der Waals surface area contributed by atoms with Gasteiger partial charge in [-0.05, 0) is 56.5 Å². The van der Waals surface area contributed by atoms with E-state index in [-0.39, 0.29) is 17.7 Å². The molecule has 0 heterocycles. The van der Waals surface area contributed by atoms with Crippen LogP contribution in [0.5, 0.6) is 5.75 Å². The predicted octanol–water partition coefficient (Wildman–Crippen LogP) is 4.46. The Hall–Kier alpha value is -3.55. The van der Waals surface area contributed by atoms with Crippen LogP contribution in [-0.4, -0.2) is 48.6 Å². The topological polar surface area (TPSA) is 97.0 Å². The summed E-state index contributed by atoms with van der Waals surface area (Å²) in [6.45, 7) is 9.47. The van der Waals surface area contributed by atoms with Crippen LogP contribution in [0.25, 0.3) is 0 Å². The summed E-state index contributed by atoms with van der Waals surface area (Å²) < 4.78 is 10.6. The first-order chi connectivity index (χ1) is 15.9. The summed E-state index contributed by atoms with van der Waals surface area (Å²) in [5, 5.41) is 5.68. The number of carbonyl (C=O) groups is 3. The lowest BCUT2D eigenvalue weighted by molar-refractivity contribution is -0.118. The van der Waals surface area contributed by atoms with E-state index in [1.54, 1.807) is 49.5 Å². The largest absolute Gasteiger partial charge is 0.496 e. The van der Waals surface area contributed by atoms with Gasteiger partial charge in [0.05, 0.1) is 12.7 Å². The van der Waals surface area contributed by atoms with E-state index >= 15 is 0 Å². The van der Waals surface area contributed by atoms with Crippen molar-refractivity contribution in [2.45, 2.75) is 52.8 Å². The number of nitrogens with zero attached hydrogens (tertiary/aromatic N) is 1. The Labute approximate surface area is 201 Å². The standard InChI is InChI=1S/C26H35N3O5/c1-17(2)22(28-23(30)20-13-8-9-14-21(20)33-7)24(31)27-19-12-10-11-18(15-19)16-29(6)25(32)34-26(3,4)5/h8-15,17,22H,16H2,1-7H3,(H,27,31)(H,28,30). The van der Waals surface area contributed by atoms with Crippen molar-refractivity contribution < 1.29 is 23.9 Å². The highest BCUT2D eigenvalue weighted by atomic mass is 16.6. The van der Waals surface area contributed by atoms with Crippen LogP contribution in [-0.2, 0) is 16.1 Å². The van der Waals surface area contributed by atoms with E-state index in [9.17, 15) is 14.4 Å². The van der Waals surface area contributed by atoms with E-state index in [1.807, 2.05) is 40.7 Å². The van der Waals surface area contributed by atoms with Crippen molar-refractivity contribution in [3.63, 3.8) is 0 Å². The number of hydrogen-bond acceptors (Lipinski definition) is 5. The molecule has 3 amide bonds. The van der Waals surface area contributed by atoms with Crippen LogP contribution in [0, 0.1) is 5.92 Å². The van der Waals surface area contributed by atoms with E-state index in [0.717, 1.165) is 5.56 Å². The molecule has 0 bridgehead atoms. The Kier molecular flexibility index (Phi) is 9.06. The third-order valence-corrected chi connectivity index (χ3v) is 4.91. The molecule has 0 aromatic heterocycles. The molecular formula is C26H35N3O5. The number of anilines is 1. The van der Waals surface area contributed by atoms with Crippen molar-refractivity contribution in [2.24, 2.45) is 5.92 Å². The van der Waals surface area contributed by atoms with Gasteiger partial charge in [0.2, 0.25) is 5.91 Å². The molecule has 2 aromatic carbocycles. The van der Waals surface area contributed by atoms with Gasteiger partial charge in [0.1, 0.15) is 17.4 Å². The van der Waals surface area contributed by atoms with Gasteiger partial charge in [-0.25, -0.2) is 4.79 Å². The molecule has 2 N–H and O–H groups in total. The summed E-state index contributed by atoms with van der Waals surface area (Å²) in [5.41, 5.74) is 1.17. The number of rotatable bonds is 8. The molecule has 0 aliphatic heterocycles. The molecule has 0 aliphatic rings. The first-order valence-corrected chi connectivity index (χ1v) is 11.2. The summed E-state index contributed by atoms with van der Waals surface area (Å²) in [5.74, 6) is -0.445. The Morgan fingerprint density at radius 3 is 2.32 bits per heavy atom. The van der Waals surface area contributed by atoms with E-state index in [4.69, 9.17) is 9.47 Å². The first kappa shape index (κ1) is 26.7. The second-order valence-corrected chi connectivity index (χ2v) is 9.42. The fourth-order valence-corrected chi connectivity index (χ4v) is 3.23. The summed E-state index contributed by atoms with van der Waals surface area (Å²) in [7, 11) is 3.15. The lowest BCUT2D eigenvalue weighted by atomic mass is 10.0. The van der Waals surface area contributed by atoms with E-state index in [1.165, 1.54) is 12.0 Å². The maximum atomic E-state index is 13.0. The molecule has 184 valence electrons. The van der Waals surface area contributed by atoms with Gasteiger partial charge in [0, 0.05) is 19.3 Å². The molecule has 0 aliphatic carbocycles. The lowest BCUT2D eigenvalue weighted by Gasteiger charge is -2.25. The van der Waals surface area contributed by atoms with Crippen LogP contribution in [0.3, 0.4) is 0 Å². The normalized spacial score (nSPS) is 12.0. The minimum Gasteiger partial charge on any atom is -0.496 e. The zero-order chi connectivity index (χ0) is 25.5. The Balaban J connectivity index is 2.09. The second-order valence-electron chi connectivity index (χ2n) is 9.42. The number of benzene rings is 2. The molecule has 0 radical (unpaired) electrons. The van der Waals surface area contributed by atoms with E-state index in [0.29, 0.717) is 23.5 Å². The van der Waals surface area contributed by atoms with Gasteiger partial charge in [-0.3, -0.25) is 9.59 Å². The highest BCUT2D eigenvalue weighted by Crippen LogP contribution is 2.19. The fourth-order valence-electron chi connectivity index (χ4n) is 3.23. The van der Waals surface area contributed by atoms with Gasteiger partial charge in [0.25, 0.3) is 5.91 Å². The van der Waals surface area contributed by atoms with Crippen molar-refractivity contribution >= 4 is 23.6 Å². The molecule has 2 rings (SSSR count). The molecule has 8 heteroatoms. The summed E-state index contributed by atoms with van der Waals surface area (Å²) in [6.07, 6.45) is -0.430. The molecule has 0 spiro atoms. The number of hydrogen-bond donors (Lipinski definition) is 2. The molecule has 8 nitrogen and oxygen atoms in total. The van der Waals surface area contributed by atoms with Crippen molar-refractivity contribution in [1.82, 2.24) is 10.2 Å². The lowest BCUT2D eigenvalue weighted by Crippen LogP contribution is -2.47. The van der Waals surface area contributed by atoms with Crippen molar-refractivity contribution in [3.05, 3.63) is 59.7 Å². The Morgan fingerprint density at radius 1 is 1.03 bits per heavy atom. The monoisotopic (exact) mass is 469 g/mol. The molecule has 1 unspecified atom stereocenters. The van der Waals surface area contributed by atoms with E-state index in [2.05, 4.69) is 10.6 Å². The van der Waals surface area contributed by atoms with E-state index < -0.39 is 17.7 Å². The third kappa shape index (κ3) is 7.79. The molecule has 0 fully saturated rings. The minimum absolute atomic E-state index is 0.153. The van der Waals surface area contributed by atoms with Gasteiger partial charge in [-0.1, -0.05) is 38.1 Å². The SMILES string of the molecule is COc1ccccc1C(=O)NC(C(=O)Nc1cccc(CN(C)C(=O)OC(C)(C)C)c1)C(C)C. The Morgan fingerprint density at radius 2 is 1.71 bits per heavy atom. The van der Waals surface area contributed by atoms with Gasteiger partial charge in [-0.2, -0.15) is 0 Å². The highest BCUT2D eigenvalue weighted by molar-refractivity contribution is 6.02. The van der Waals surface area contributed by atoms with Crippen LogP contribution >= 0.6 is 0 Å². The molecule has 0 saturated carbocycles. The van der Waals surface area contributed by atoms with Crippen LogP contribution in [0.15, 0.2) is 48.5 Å². The maximum absolute atomic E-state index is 13.0. The van der Waals surface area contributed by atoms with Crippen LogP contribution in [0.2, 0.25) is 0 Å². The number of nitrogens with one attached hydrogen (secondary N) is 2. The molecule has 34 heavy (non-hydrogen) atoms. The average molecular weight is 470 g/mol. The van der Waals surface area contributed by atoms with Crippen LogP contribution in [0.1, 0.15) is 50.5 Å². The highest BCUT2D eigenvalue weighted by Gasteiger charge is 2.26. The predicted molar refractivity (Wildman–Crippen MR) is 132 cm³/mol. The maximum Gasteiger partial charge on any atom is 0.410 e. The van der Waals surface area contributed by atoms with Crippen molar-refractivity contribution in [2.75, 3.05) is 19.5 Å². The zero-order valence-corrected chi connectivity index (χ0v) is 21.0. The number of para-hydroxylation sites is 1. The van der Waals surface area contributed by atoms with Gasteiger partial charge < -0.3 is 25.0 Å². The zero-order valence-electron chi connectivity index (χ0n) is 21.0. The number of amides is 3. The molecule has 2 aromatic rings. The van der Waals surface area contributed by atoms with Crippen LogP contribution < -0.4 is 15.4 Å². The fraction of sp³-hybridized carbons (Fsp3) is 0.423. The summed E-state index contributed by atoms with van der Waals surface area (Å²) >= 11 is 0. The first-order valence-electron chi connectivity index (χ1n) is 11.2.